The van der Waals surface area contributed by atoms with E-state index < -0.39 is 17.8 Å². The van der Waals surface area contributed by atoms with E-state index in [2.05, 4.69) is 5.32 Å². The Labute approximate surface area is 117 Å². The molecule has 1 saturated heterocycles. The van der Waals surface area contributed by atoms with Crippen molar-refractivity contribution in [3.05, 3.63) is 35.9 Å². The molecule has 1 aromatic carbocycles. The molecule has 0 aromatic heterocycles. The standard InChI is InChI=1S/C15H19NO4/c1-10(15(18)19)14(17)16-9-12-7-8-20-13(12)11-5-3-2-4-6-11/h2-6,10,12-13H,7-9H2,1H3,(H,16,17)(H,18,19)/t10?,12-,13-/m1/s1. The lowest BCUT2D eigenvalue weighted by Crippen LogP contribution is -2.37. The van der Waals surface area contributed by atoms with Crippen LogP contribution >= 0.6 is 0 Å². The number of hydrogen-bond acceptors (Lipinski definition) is 3. The number of hydrogen-bond donors (Lipinski definition) is 2. The Morgan fingerprint density at radius 1 is 1.40 bits per heavy atom. The van der Waals surface area contributed by atoms with E-state index in [9.17, 15) is 9.59 Å². The van der Waals surface area contributed by atoms with Crippen LogP contribution in [0.2, 0.25) is 0 Å². The molecule has 1 aromatic rings. The number of carboxylic acids is 1. The summed E-state index contributed by atoms with van der Waals surface area (Å²) in [5.41, 5.74) is 1.09. The highest BCUT2D eigenvalue weighted by atomic mass is 16.5. The molecule has 1 amide bonds. The molecule has 108 valence electrons. The fraction of sp³-hybridized carbons (Fsp3) is 0.467. The van der Waals surface area contributed by atoms with Crippen LogP contribution in [0, 0.1) is 11.8 Å². The first-order valence-corrected chi connectivity index (χ1v) is 6.76. The van der Waals surface area contributed by atoms with Crippen molar-refractivity contribution in [1.82, 2.24) is 5.32 Å². The highest BCUT2D eigenvalue weighted by molar-refractivity contribution is 5.96. The van der Waals surface area contributed by atoms with Crippen LogP contribution in [0.3, 0.4) is 0 Å². The van der Waals surface area contributed by atoms with Crippen LogP contribution in [0.1, 0.15) is 25.0 Å². The van der Waals surface area contributed by atoms with Crippen molar-refractivity contribution in [3.63, 3.8) is 0 Å². The van der Waals surface area contributed by atoms with Crippen LogP contribution in [0.15, 0.2) is 30.3 Å². The molecule has 0 saturated carbocycles. The van der Waals surface area contributed by atoms with Gasteiger partial charge in [-0.15, -0.1) is 0 Å². The first kappa shape index (κ1) is 14.5. The minimum Gasteiger partial charge on any atom is -0.481 e. The lowest BCUT2D eigenvalue weighted by atomic mass is 9.95. The molecule has 20 heavy (non-hydrogen) atoms. The van der Waals surface area contributed by atoms with Crippen molar-refractivity contribution in [2.75, 3.05) is 13.2 Å². The van der Waals surface area contributed by atoms with E-state index in [-0.39, 0.29) is 12.0 Å². The van der Waals surface area contributed by atoms with E-state index in [0.29, 0.717) is 13.2 Å². The van der Waals surface area contributed by atoms with Crippen LogP contribution < -0.4 is 5.32 Å². The minimum atomic E-state index is -1.11. The van der Waals surface area contributed by atoms with Gasteiger partial charge >= 0.3 is 5.97 Å². The second-order valence-electron chi connectivity index (χ2n) is 5.06. The molecular weight excluding hydrogens is 258 g/mol. The third kappa shape index (κ3) is 3.36. The Hall–Kier alpha value is -1.88. The van der Waals surface area contributed by atoms with E-state index >= 15 is 0 Å². The monoisotopic (exact) mass is 277 g/mol. The van der Waals surface area contributed by atoms with Gasteiger partial charge in [0.05, 0.1) is 6.10 Å². The Morgan fingerprint density at radius 3 is 2.75 bits per heavy atom. The maximum absolute atomic E-state index is 11.7. The first-order chi connectivity index (χ1) is 9.59. The summed E-state index contributed by atoms with van der Waals surface area (Å²) in [4.78, 5) is 22.4. The van der Waals surface area contributed by atoms with Crippen molar-refractivity contribution >= 4 is 11.9 Å². The lowest BCUT2D eigenvalue weighted by Gasteiger charge is -2.20. The zero-order valence-electron chi connectivity index (χ0n) is 11.4. The molecule has 1 aliphatic heterocycles. The van der Waals surface area contributed by atoms with E-state index in [4.69, 9.17) is 9.84 Å². The molecule has 1 heterocycles. The van der Waals surface area contributed by atoms with Crippen LogP contribution in [-0.4, -0.2) is 30.1 Å². The van der Waals surface area contributed by atoms with Crippen LogP contribution in [0.4, 0.5) is 0 Å². The van der Waals surface area contributed by atoms with E-state index in [1.165, 1.54) is 6.92 Å². The zero-order valence-corrected chi connectivity index (χ0v) is 11.4. The topological polar surface area (TPSA) is 75.6 Å². The number of rotatable bonds is 5. The zero-order chi connectivity index (χ0) is 14.5. The van der Waals surface area contributed by atoms with Crippen LogP contribution in [0.5, 0.6) is 0 Å². The third-order valence-corrected chi connectivity index (χ3v) is 3.64. The van der Waals surface area contributed by atoms with Gasteiger partial charge in [0, 0.05) is 19.1 Å². The molecule has 5 heteroatoms. The van der Waals surface area contributed by atoms with E-state index in [1.54, 1.807) is 0 Å². The average molecular weight is 277 g/mol. The third-order valence-electron chi connectivity index (χ3n) is 3.64. The number of ether oxygens (including phenoxy) is 1. The van der Waals surface area contributed by atoms with Gasteiger partial charge in [-0.25, -0.2) is 0 Å². The maximum atomic E-state index is 11.7. The number of carboxylic acid groups (broad SMARTS) is 1. The van der Waals surface area contributed by atoms with Gasteiger partial charge in [-0.2, -0.15) is 0 Å². The van der Waals surface area contributed by atoms with E-state index in [1.807, 2.05) is 30.3 Å². The summed E-state index contributed by atoms with van der Waals surface area (Å²) in [6.45, 7) is 2.49. The highest BCUT2D eigenvalue weighted by Crippen LogP contribution is 2.33. The molecule has 2 N–H and O–H groups in total. The second-order valence-corrected chi connectivity index (χ2v) is 5.06. The first-order valence-electron chi connectivity index (χ1n) is 6.76. The fourth-order valence-electron chi connectivity index (χ4n) is 2.35. The van der Waals surface area contributed by atoms with Gasteiger partial charge in [0.2, 0.25) is 5.91 Å². The van der Waals surface area contributed by atoms with Crippen molar-refractivity contribution in [1.29, 1.82) is 0 Å². The summed E-state index contributed by atoms with van der Waals surface area (Å²) < 4.78 is 5.72. The van der Waals surface area contributed by atoms with Crippen molar-refractivity contribution < 1.29 is 19.4 Å². The normalized spacial score (nSPS) is 23.2. The molecular formula is C15H19NO4. The summed E-state index contributed by atoms with van der Waals surface area (Å²) in [6, 6.07) is 9.87. The molecule has 0 radical (unpaired) electrons. The van der Waals surface area contributed by atoms with Gasteiger partial charge in [-0.3, -0.25) is 9.59 Å². The van der Waals surface area contributed by atoms with Gasteiger partial charge in [-0.1, -0.05) is 30.3 Å². The van der Waals surface area contributed by atoms with Gasteiger partial charge in [0.25, 0.3) is 0 Å². The molecule has 0 spiro atoms. The predicted octanol–water partition coefficient (Wildman–Crippen LogP) is 1.60. The molecule has 1 aliphatic rings. The van der Waals surface area contributed by atoms with Gasteiger partial charge in [0.15, 0.2) is 0 Å². The quantitative estimate of drug-likeness (QED) is 0.802. The smallest absolute Gasteiger partial charge is 0.315 e. The SMILES string of the molecule is CC(C(=O)O)C(=O)NC[C@H]1CCO[C@@H]1c1ccccc1. The molecule has 3 atom stereocenters. The number of carbonyl (C=O) groups excluding carboxylic acids is 1. The summed E-state index contributed by atoms with van der Waals surface area (Å²) in [5.74, 6) is -2.39. The predicted molar refractivity (Wildman–Crippen MR) is 73.1 cm³/mol. The van der Waals surface area contributed by atoms with Crippen LogP contribution in [0.25, 0.3) is 0 Å². The lowest BCUT2D eigenvalue weighted by molar-refractivity contribution is -0.146. The minimum absolute atomic E-state index is 0.0309. The Bertz CT molecular complexity index is 474. The molecule has 0 aliphatic carbocycles. The van der Waals surface area contributed by atoms with Gasteiger partial charge in [0.1, 0.15) is 5.92 Å². The summed E-state index contributed by atoms with van der Waals surface area (Å²) in [6.07, 6.45) is 0.831. The van der Waals surface area contributed by atoms with Crippen molar-refractivity contribution in [2.45, 2.75) is 19.4 Å². The van der Waals surface area contributed by atoms with E-state index in [0.717, 1.165) is 12.0 Å². The fourth-order valence-corrected chi connectivity index (χ4v) is 2.35. The van der Waals surface area contributed by atoms with Gasteiger partial charge in [-0.05, 0) is 18.9 Å². The van der Waals surface area contributed by atoms with Gasteiger partial charge < -0.3 is 15.2 Å². The summed E-state index contributed by atoms with van der Waals surface area (Å²) in [5, 5.41) is 11.5. The molecule has 0 bridgehead atoms. The van der Waals surface area contributed by atoms with Crippen LogP contribution in [-0.2, 0) is 14.3 Å². The number of benzene rings is 1. The molecule has 5 nitrogen and oxygen atoms in total. The Kier molecular flexibility index (Phi) is 4.74. The average Bonchev–Trinajstić information content (AvgIpc) is 2.93. The number of aliphatic carboxylic acids is 1. The summed E-state index contributed by atoms with van der Waals surface area (Å²) >= 11 is 0. The Morgan fingerprint density at radius 2 is 2.10 bits per heavy atom. The molecule has 1 unspecified atom stereocenters. The number of carbonyl (C=O) groups is 2. The Balaban J connectivity index is 1.92. The molecule has 2 rings (SSSR count). The highest BCUT2D eigenvalue weighted by Gasteiger charge is 2.30. The summed E-state index contributed by atoms with van der Waals surface area (Å²) in [7, 11) is 0. The van der Waals surface area contributed by atoms with Crippen molar-refractivity contribution in [3.8, 4) is 0 Å². The number of nitrogens with one attached hydrogen (secondary N) is 1. The maximum Gasteiger partial charge on any atom is 0.315 e. The number of amides is 1. The second kappa shape index (κ2) is 6.52. The largest absolute Gasteiger partial charge is 0.481 e. The van der Waals surface area contributed by atoms with Crippen molar-refractivity contribution in [2.24, 2.45) is 11.8 Å². The molecule has 1 fully saturated rings.